The van der Waals surface area contributed by atoms with Gasteiger partial charge >= 0.3 is 0 Å². The highest BCUT2D eigenvalue weighted by Gasteiger charge is 1.94. The molecule has 0 saturated carbocycles. The van der Waals surface area contributed by atoms with Crippen LogP contribution in [0.25, 0.3) is 0 Å². The fraction of sp³-hybridized carbons (Fsp3) is 0. The van der Waals surface area contributed by atoms with E-state index < -0.39 is 0 Å². The van der Waals surface area contributed by atoms with Gasteiger partial charge in [0.05, 0.1) is 0 Å². The number of nitrogen functional groups attached to an aromatic ring is 1. The largest absolute Gasteiger partial charge is 0.399 e. The summed E-state index contributed by atoms with van der Waals surface area (Å²) < 4.78 is 0.907. The third-order valence-corrected chi connectivity index (χ3v) is 1.84. The van der Waals surface area contributed by atoms with Gasteiger partial charge in [-0.3, -0.25) is 0 Å². The van der Waals surface area contributed by atoms with E-state index in [9.17, 15) is 0 Å². The predicted octanol–water partition coefficient (Wildman–Crippen LogP) is 2.01. The van der Waals surface area contributed by atoms with Crippen LogP contribution in [0.5, 0.6) is 0 Å². The summed E-state index contributed by atoms with van der Waals surface area (Å²) in [4.78, 5) is 0. The second-order valence-corrected chi connectivity index (χ2v) is 2.74. The van der Waals surface area contributed by atoms with Crippen molar-refractivity contribution < 1.29 is 0 Å². The lowest BCUT2D eigenvalue weighted by atomic mass is 10.2. The van der Waals surface area contributed by atoms with Crippen molar-refractivity contribution in [3.63, 3.8) is 0 Å². The van der Waals surface area contributed by atoms with Gasteiger partial charge in [-0.1, -0.05) is 5.92 Å². The number of nitrogens with two attached hydrogens (primary N) is 1. The molecule has 0 fully saturated rings. The average molecular weight is 196 g/mol. The summed E-state index contributed by atoms with van der Waals surface area (Å²) in [5, 5.41) is 0. The molecule has 0 atom stereocenters. The molecule has 1 aromatic rings. The quantitative estimate of drug-likeness (QED) is 0.498. The summed E-state index contributed by atoms with van der Waals surface area (Å²) in [6.07, 6.45) is 5.18. The van der Waals surface area contributed by atoms with Gasteiger partial charge in [-0.15, -0.1) is 6.42 Å². The van der Waals surface area contributed by atoms with E-state index in [-0.39, 0.29) is 0 Å². The minimum atomic E-state index is 0.691. The van der Waals surface area contributed by atoms with E-state index in [1.165, 1.54) is 0 Å². The molecule has 0 amide bonds. The first-order valence-corrected chi connectivity index (χ1v) is 3.55. The highest BCUT2D eigenvalue weighted by atomic mass is 79.9. The van der Waals surface area contributed by atoms with E-state index in [4.69, 9.17) is 12.2 Å². The normalized spacial score (nSPS) is 8.80. The van der Waals surface area contributed by atoms with Crippen LogP contribution in [0.2, 0.25) is 0 Å². The first kappa shape index (κ1) is 7.17. The molecule has 0 aliphatic heterocycles. The lowest BCUT2D eigenvalue weighted by molar-refractivity contribution is 1.58. The molecule has 0 aliphatic rings. The number of hydrogen-bond donors (Lipinski definition) is 1. The molecule has 1 nitrogen and oxygen atoms in total. The van der Waals surface area contributed by atoms with E-state index in [0.29, 0.717) is 5.69 Å². The van der Waals surface area contributed by atoms with E-state index in [0.717, 1.165) is 10.0 Å². The Bertz CT molecular complexity index is 286. The monoisotopic (exact) mass is 195 g/mol. The maximum absolute atomic E-state index is 5.49. The molecule has 0 unspecified atom stereocenters. The highest BCUT2D eigenvalue weighted by Crippen LogP contribution is 2.17. The number of rotatable bonds is 0. The fourth-order valence-corrected chi connectivity index (χ4v) is 1.01. The SMILES string of the molecule is C#Cc1cc(N)ccc1Br. The van der Waals surface area contributed by atoms with E-state index >= 15 is 0 Å². The zero-order chi connectivity index (χ0) is 7.56. The summed E-state index contributed by atoms with van der Waals surface area (Å²) in [5.74, 6) is 2.51. The summed E-state index contributed by atoms with van der Waals surface area (Å²) in [6.45, 7) is 0. The van der Waals surface area contributed by atoms with Crippen LogP contribution in [0.1, 0.15) is 5.56 Å². The zero-order valence-electron chi connectivity index (χ0n) is 5.26. The van der Waals surface area contributed by atoms with Crippen LogP contribution in [0.4, 0.5) is 5.69 Å². The summed E-state index contributed by atoms with van der Waals surface area (Å²) >= 11 is 3.29. The molecular formula is C8H6BrN. The van der Waals surface area contributed by atoms with Crippen LogP contribution >= 0.6 is 15.9 Å². The van der Waals surface area contributed by atoms with Gasteiger partial charge in [0.25, 0.3) is 0 Å². The molecular weight excluding hydrogens is 190 g/mol. The number of hydrogen-bond acceptors (Lipinski definition) is 1. The number of halogens is 1. The van der Waals surface area contributed by atoms with Crippen molar-refractivity contribution in [3.05, 3.63) is 28.2 Å². The Morgan fingerprint density at radius 3 is 2.70 bits per heavy atom. The van der Waals surface area contributed by atoms with Crippen molar-refractivity contribution in [1.29, 1.82) is 0 Å². The summed E-state index contributed by atoms with van der Waals surface area (Å²) in [5.41, 5.74) is 6.97. The Morgan fingerprint density at radius 1 is 1.50 bits per heavy atom. The molecule has 1 rings (SSSR count). The zero-order valence-corrected chi connectivity index (χ0v) is 6.85. The first-order chi connectivity index (χ1) is 4.74. The maximum atomic E-state index is 5.49. The molecule has 0 radical (unpaired) electrons. The maximum Gasteiger partial charge on any atom is 0.0405 e. The lowest BCUT2D eigenvalue weighted by Crippen LogP contribution is -1.85. The van der Waals surface area contributed by atoms with E-state index in [2.05, 4.69) is 21.9 Å². The van der Waals surface area contributed by atoms with Crippen LogP contribution in [0.3, 0.4) is 0 Å². The van der Waals surface area contributed by atoms with Crippen LogP contribution < -0.4 is 5.73 Å². The Morgan fingerprint density at radius 2 is 2.20 bits per heavy atom. The Kier molecular flexibility index (Phi) is 1.98. The van der Waals surface area contributed by atoms with E-state index in [1.807, 2.05) is 6.07 Å². The van der Waals surface area contributed by atoms with Crippen LogP contribution in [0, 0.1) is 12.3 Å². The van der Waals surface area contributed by atoms with Gasteiger partial charge < -0.3 is 5.73 Å². The summed E-state index contributed by atoms with van der Waals surface area (Å²) in [6, 6.07) is 5.39. The minimum Gasteiger partial charge on any atom is -0.399 e. The molecule has 0 bridgehead atoms. The van der Waals surface area contributed by atoms with Gasteiger partial charge in [0.15, 0.2) is 0 Å². The molecule has 2 N–H and O–H groups in total. The number of anilines is 1. The van der Waals surface area contributed by atoms with Crippen molar-refractivity contribution in [2.24, 2.45) is 0 Å². The third kappa shape index (κ3) is 1.31. The van der Waals surface area contributed by atoms with Gasteiger partial charge in [-0.25, -0.2) is 0 Å². The van der Waals surface area contributed by atoms with Crippen molar-refractivity contribution >= 4 is 21.6 Å². The molecule has 50 valence electrons. The third-order valence-electron chi connectivity index (χ3n) is 1.15. The van der Waals surface area contributed by atoms with Crippen molar-refractivity contribution in [3.8, 4) is 12.3 Å². The van der Waals surface area contributed by atoms with Crippen molar-refractivity contribution in [1.82, 2.24) is 0 Å². The molecule has 0 aromatic heterocycles. The standard InChI is InChI=1S/C8H6BrN/c1-2-6-5-7(10)3-4-8(6)9/h1,3-5H,10H2. The molecule has 0 heterocycles. The molecule has 2 heteroatoms. The van der Waals surface area contributed by atoms with Crippen molar-refractivity contribution in [2.45, 2.75) is 0 Å². The number of benzene rings is 1. The molecule has 1 aromatic carbocycles. The van der Waals surface area contributed by atoms with Gasteiger partial charge in [-0.05, 0) is 34.1 Å². The topological polar surface area (TPSA) is 26.0 Å². The van der Waals surface area contributed by atoms with Crippen LogP contribution in [-0.4, -0.2) is 0 Å². The number of terminal acetylenes is 1. The fourth-order valence-electron chi connectivity index (χ4n) is 0.654. The van der Waals surface area contributed by atoms with Gasteiger partial charge in [0.1, 0.15) is 0 Å². The molecule has 10 heavy (non-hydrogen) atoms. The second-order valence-electron chi connectivity index (χ2n) is 1.88. The first-order valence-electron chi connectivity index (χ1n) is 2.75. The molecule has 0 aliphatic carbocycles. The van der Waals surface area contributed by atoms with Gasteiger partial charge in [0.2, 0.25) is 0 Å². The Hall–Kier alpha value is -0.940. The smallest absolute Gasteiger partial charge is 0.0405 e. The molecule has 0 saturated heterocycles. The van der Waals surface area contributed by atoms with Gasteiger partial charge in [-0.2, -0.15) is 0 Å². The Labute approximate surface area is 68.4 Å². The van der Waals surface area contributed by atoms with Gasteiger partial charge in [0, 0.05) is 15.7 Å². The predicted molar refractivity (Wildman–Crippen MR) is 46.5 cm³/mol. The summed E-state index contributed by atoms with van der Waals surface area (Å²) in [7, 11) is 0. The average Bonchev–Trinajstić information content (AvgIpc) is 1.94. The minimum absolute atomic E-state index is 0.691. The highest BCUT2D eigenvalue weighted by molar-refractivity contribution is 9.10. The van der Waals surface area contributed by atoms with Crippen molar-refractivity contribution in [2.75, 3.05) is 5.73 Å². The van der Waals surface area contributed by atoms with E-state index in [1.54, 1.807) is 12.1 Å². The molecule has 0 spiro atoms. The second kappa shape index (κ2) is 2.76. The van der Waals surface area contributed by atoms with Crippen LogP contribution in [0.15, 0.2) is 22.7 Å². The lowest BCUT2D eigenvalue weighted by Gasteiger charge is -1.96. The Balaban J connectivity index is 3.25. The van der Waals surface area contributed by atoms with Crippen LogP contribution in [-0.2, 0) is 0 Å².